The van der Waals surface area contributed by atoms with Crippen LogP contribution in [-0.4, -0.2) is 36.2 Å². The van der Waals surface area contributed by atoms with E-state index >= 15 is 0 Å². The zero-order valence-electron chi connectivity index (χ0n) is 11.1. The van der Waals surface area contributed by atoms with Gasteiger partial charge in [0.1, 0.15) is 5.52 Å². The quantitative estimate of drug-likeness (QED) is 0.856. The van der Waals surface area contributed by atoms with Gasteiger partial charge in [-0.2, -0.15) is 0 Å². The van der Waals surface area contributed by atoms with Crippen molar-refractivity contribution in [2.45, 2.75) is 25.5 Å². The number of hydrogen-bond acceptors (Lipinski definition) is 5. The molecule has 2 heterocycles. The summed E-state index contributed by atoms with van der Waals surface area (Å²) in [5.41, 5.74) is 8.09. The number of rotatable bonds is 3. The number of nitrogens with zero attached hydrogens (tertiary/aromatic N) is 2. The van der Waals surface area contributed by atoms with Gasteiger partial charge in [-0.3, -0.25) is 4.90 Å². The number of nitrogen functional groups attached to an aromatic ring is 1. The molecule has 1 fully saturated rings. The van der Waals surface area contributed by atoms with Gasteiger partial charge in [0, 0.05) is 25.9 Å². The Morgan fingerprint density at radius 3 is 2.95 bits per heavy atom. The zero-order valence-corrected chi connectivity index (χ0v) is 11.1. The molecular formula is C14H19N3O2. The maximum Gasteiger partial charge on any atom is 0.209 e. The average Bonchev–Trinajstić information content (AvgIpc) is 2.81. The van der Waals surface area contributed by atoms with E-state index in [0.29, 0.717) is 11.8 Å². The third-order valence-corrected chi connectivity index (χ3v) is 3.68. The summed E-state index contributed by atoms with van der Waals surface area (Å²) in [5.74, 6) is 0.761. The van der Waals surface area contributed by atoms with Crippen molar-refractivity contribution in [1.82, 2.24) is 9.88 Å². The van der Waals surface area contributed by atoms with Gasteiger partial charge < -0.3 is 14.9 Å². The van der Waals surface area contributed by atoms with Gasteiger partial charge in [-0.15, -0.1) is 0 Å². The summed E-state index contributed by atoms with van der Waals surface area (Å²) in [4.78, 5) is 6.84. The molecular weight excluding hydrogens is 242 g/mol. The number of fused-ring (bicyclic) bond motifs is 1. The number of ether oxygens (including phenoxy) is 1. The SMILES string of the molecule is COC1CCN(Cc2nc3cc(N)ccc3o2)CC1. The van der Waals surface area contributed by atoms with Gasteiger partial charge in [-0.25, -0.2) is 4.98 Å². The minimum atomic E-state index is 0.402. The van der Waals surface area contributed by atoms with E-state index in [1.165, 1.54) is 0 Å². The van der Waals surface area contributed by atoms with E-state index in [9.17, 15) is 0 Å². The Morgan fingerprint density at radius 1 is 1.42 bits per heavy atom. The molecule has 1 aliphatic rings. The van der Waals surface area contributed by atoms with Gasteiger partial charge in [0.15, 0.2) is 5.58 Å². The highest BCUT2D eigenvalue weighted by Gasteiger charge is 2.20. The van der Waals surface area contributed by atoms with E-state index in [4.69, 9.17) is 14.9 Å². The number of methoxy groups -OCH3 is 1. The van der Waals surface area contributed by atoms with Crippen LogP contribution in [0.4, 0.5) is 5.69 Å². The molecule has 0 aliphatic carbocycles. The first-order chi connectivity index (χ1) is 9.24. The van der Waals surface area contributed by atoms with Crippen molar-refractivity contribution in [3.8, 4) is 0 Å². The number of piperidine rings is 1. The van der Waals surface area contributed by atoms with Crippen LogP contribution >= 0.6 is 0 Å². The Bertz CT molecular complexity index is 559. The lowest BCUT2D eigenvalue weighted by molar-refractivity contribution is 0.0366. The fraction of sp³-hybridized carbons (Fsp3) is 0.500. The van der Waals surface area contributed by atoms with Crippen LogP contribution in [0.2, 0.25) is 0 Å². The molecule has 5 heteroatoms. The predicted octanol–water partition coefficient (Wildman–Crippen LogP) is 2.02. The van der Waals surface area contributed by atoms with Crippen LogP contribution in [0.25, 0.3) is 11.1 Å². The molecule has 2 N–H and O–H groups in total. The molecule has 19 heavy (non-hydrogen) atoms. The third-order valence-electron chi connectivity index (χ3n) is 3.68. The number of aromatic nitrogens is 1. The van der Waals surface area contributed by atoms with Crippen molar-refractivity contribution in [2.24, 2.45) is 0 Å². The molecule has 1 aliphatic heterocycles. The predicted molar refractivity (Wildman–Crippen MR) is 73.7 cm³/mol. The molecule has 3 rings (SSSR count). The first-order valence-corrected chi connectivity index (χ1v) is 6.64. The summed E-state index contributed by atoms with van der Waals surface area (Å²) in [6.45, 7) is 2.81. The molecule has 0 atom stereocenters. The fourth-order valence-electron chi connectivity index (χ4n) is 2.55. The highest BCUT2D eigenvalue weighted by molar-refractivity contribution is 5.76. The number of nitrogens with two attached hydrogens (primary N) is 1. The van der Waals surface area contributed by atoms with Gasteiger partial charge in [0.25, 0.3) is 0 Å². The van der Waals surface area contributed by atoms with Gasteiger partial charge in [-0.1, -0.05) is 0 Å². The number of likely N-dealkylation sites (tertiary alicyclic amines) is 1. The van der Waals surface area contributed by atoms with E-state index in [-0.39, 0.29) is 0 Å². The molecule has 0 unspecified atom stereocenters. The van der Waals surface area contributed by atoms with Crippen LogP contribution in [0.1, 0.15) is 18.7 Å². The molecule has 1 aromatic carbocycles. The lowest BCUT2D eigenvalue weighted by Crippen LogP contribution is -2.36. The first kappa shape index (κ1) is 12.4. The summed E-state index contributed by atoms with van der Waals surface area (Å²) in [5, 5.41) is 0. The largest absolute Gasteiger partial charge is 0.439 e. The molecule has 5 nitrogen and oxygen atoms in total. The zero-order chi connectivity index (χ0) is 13.2. The topological polar surface area (TPSA) is 64.5 Å². The van der Waals surface area contributed by atoms with Crippen LogP contribution < -0.4 is 5.73 Å². The second-order valence-corrected chi connectivity index (χ2v) is 5.05. The second kappa shape index (κ2) is 5.19. The van der Waals surface area contributed by atoms with Gasteiger partial charge in [0.05, 0.1) is 12.6 Å². The van der Waals surface area contributed by atoms with E-state index in [0.717, 1.165) is 49.5 Å². The lowest BCUT2D eigenvalue weighted by atomic mass is 10.1. The Kier molecular flexibility index (Phi) is 3.40. The smallest absolute Gasteiger partial charge is 0.209 e. The van der Waals surface area contributed by atoms with Crippen molar-refractivity contribution in [3.05, 3.63) is 24.1 Å². The van der Waals surface area contributed by atoms with E-state index in [2.05, 4.69) is 9.88 Å². The third kappa shape index (κ3) is 2.72. The lowest BCUT2D eigenvalue weighted by Gasteiger charge is -2.30. The van der Waals surface area contributed by atoms with Crippen LogP contribution in [0.5, 0.6) is 0 Å². The molecule has 0 bridgehead atoms. The molecule has 1 saturated heterocycles. The standard InChI is InChI=1S/C14H19N3O2/c1-18-11-4-6-17(7-5-11)9-14-16-12-8-10(15)2-3-13(12)19-14/h2-3,8,11H,4-7,9,15H2,1H3. The minimum Gasteiger partial charge on any atom is -0.439 e. The summed E-state index contributed by atoms with van der Waals surface area (Å²) >= 11 is 0. The van der Waals surface area contributed by atoms with Crippen LogP contribution in [-0.2, 0) is 11.3 Å². The van der Waals surface area contributed by atoms with Gasteiger partial charge in [0.2, 0.25) is 5.89 Å². The van der Waals surface area contributed by atoms with E-state index < -0.39 is 0 Å². The second-order valence-electron chi connectivity index (χ2n) is 5.05. The maximum atomic E-state index is 5.74. The summed E-state index contributed by atoms with van der Waals surface area (Å²) in [7, 11) is 1.78. The molecule has 0 saturated carbocycles. The highest BCUT2D eigenvalue weighted by Crippen LogP contribution is 2.21. The van der Waals surface area contributed by atoms with Crippen LogP contribution in [0.3, 0.4) is 0 Å². The number of anilines is 1. The first-order valence-electron chi connectivity index (χ1n) is 6.64. The van der Waals surface area contributed by atoms with Crippen molar-refractivity contribution < 1.29 is 9.15 Å². The van der Waals surface area contributed by atoms with Crippen molar-refractivity contribution in [3.63, 3.8) is 0 Å². The molecule has 1 aromatic heterocycles. The number of hydrogen-bond donors (Lipinski definition) is 1. The van der Waals surface area contributed by atoms with E-state index in [1.54, 1.807) is 7.11 Å². The number of benzene rings is 1. The molecule has 0 spiro atoms. The van der Waals surface area contributed by atoms with Crippen molar-refractivity contribution >= 4 is 16.8 Å². The normalized spacial score (nSPS) is 18.2. The minimum absolute atomic E-state index is 0.402. The number of oxazole rings is 1. The molecule has 0 amide bonds. The Hall–Kier alpha value is -1.59. The van der Waals surface area contributed by atoms with Crippen molar-refractivity contribution in [2.75, 3.05) is 25.9 Å². The monoisotopic (exact) mass is 261 g/mol. The summed E-state index contributed by atoms with van der Waals surface area (Å²) < 4.78 is 11.1. The van der Waals surface area contributed by atoms with Crippen LogP contribution in [0, 0.1) is 0 Å². The van der Waals surface area contributed by atoms with Crippen LogP contribution in [0.15, 0.2) is 22.6 Å². The Balaban J connectivity index is 1.68. The van der Waals surface area contributed by atoms with E-state index in [1.807, 2.05) is 18.2 Å². The summed E-state index contributed by atoms with van der Waals surface area (Å²) in [6, 6.07) is 5.55. The van der Waals surface area contributed by atoms with Gasteiger partial charge >= 0.3 is 0 Å². The van der Waals surface area contributed by atoms with Gasteiger partial charge in [-0.05, 0) is 31.0 Å². The Morgan fingerprint density at radius 2 is 2.21 bits per heavy atom. The Labute approximate surface area is 112 Å². The maximum absolute atomic E-state index is 5.74. The molecule has 102 valence electrons. The molecule has 2 aromatic rings. The molecule has 0 radical (unpaired) electrons. The highest BCUT2D eigenvalue weighted by atomic mass is 16.5. The van der Waals surface area contributed by atoms with Crippen molar-refractivity contribution in [1.29, 1.82) is 0 Å². The fourth-order valence-corrected chi connectivity index (χ4v) is 2.55. The summed E-state index contributed by atoms with van der Waals surface area (Å²) in [6.07, 6.45) is 2.55. The average molecular weight is 261 g/mol.